The summed E-state index contributed by atoms with van der Waals surface area (Å²) in [7, 11) is 1.84. The largest absolute Gasteiger partial charge is 0.313 e. The van der Waals surface area contributed by atoms with E-state index in [9.17, 15) is 4.39 Å². The van der Waals surface area contributed by atoms with Crippen molar-refractivity contribution in [1.82, 2.24) is 20.1 Å². The van der Waals surface area contributed by atoms with E-state index in [0.717, 1.165) is 18.5 Å². The molecule has 0 aliphatic carbocycles. The van der Waals surface area contributed by atoms with Crippen molar-refractivity contribution in [3.8, 4) is 0 Å². The van der Waals surface area contributed by atoms with Gasteiger partial charge in [-0.15, -0.1) is 10.2 Å². The van der Waals surface area contributed by atoms with Gasteiger partial charge in [-0.2, -0.15) is 0 Å². The molecule has 0 bridgehead atoms. The van der Waals surface area contributed by atoms with Crippen LogP contribution in [0.4, 0.5) is 4.39 Å². The molecule has 0 radical (unpaired) electrons. The molecule has 0 aliphatic heterocycles. The normalized spacial score (nSPS) is 10.9. The second-order valence-electron chi connectivity index (χ2n) is 4.27. The zero-order valence-corrected chi connectivity index (χ0v) is 11.9. The highest BCUT2D eigenvalue weighted by atomic mass is 32.2. The zero-order valence-electron chi connectivity index (χ0n) is 11.1. The molecular formula is C13H17FN4S. The molecule has 19 heavy (non-hydrogen) atoms. The van der Waals surface area contributed by atoms with E-state index in [2.05, 4.69) is 22.4 Å². The summed E-state index contributed by atoms with van der Waals surface area (Å²) in [5.41, 5.74) is 0.952. The number of hydrogen-bond acceptors (Lipinski definition) is 4. The molecular weight excluding hydrogens is 263 g/mol. The monoisotopic (exact) mass is 280 g/mol. The van der Waals surface area contributed by atoms with Crippen LogP contribution in [0.2, 0.25) is 0 Å². The second kappa shape index (κ2) is 6.68. The average molecular weight is 280 g/mol. The SMILES string of the molecule is CCCNCc1ccc(Sc2nncn2C)c(F)c1. The van der Waals surface area contributed by atoms with Crippen LogP contribution in [0.5, 0.6) is 0 Å². The molecule has 0 saturated heterocycles. The summed E-state index contributed by atoms with van der Waals surface area (Å²) in [5.74, 6) is -0.219. The molecule has 2 aromatic rings. The Morgan fingerprint density at radius 2 is 2.26 bits per heavy atom. The number of hydrogen-bond donors (Lipinski definition) is 1. The summed E-state index contributed by atoms with van der Waals surface area (Å²) in [6.07, 6.45) is 2.67. The van der Waals surface area contributed by atoms with Gasteiger partial charge in [0, 0.05) is 13.6 Å². The quantitative estimate of drug-likeness (QED) is 0.826. The molecule has 1 aromatic carbocycles. The smallest absolute Gasteiger partial charge is 0.195 e. The van der Waals surface area contributed by atoms with E-state index in [-0.39, 0.29) is 5.82 Å². The number of rotatable bonds is 6. The van der Waals surface area contributed by atoms with Gasteiger partial charge >= 0.3 is 0 Å². The van der Waals surface area contributed by atoms with Gasteiger partial charge in [0.1, 0.15) is 12.1 Å². The van der Waals surface area contributed by atoms with E-state index in [1.165, 1.54) is 11.8 Å². The summed E-state index contributed by atoms with van der Waals surface area (Å²) in [5, 5.41) is 11.6. The van der Waals surface area contributed by atoms with Crippen molar-refractivity contribution in [2.24, 2.45) is 7.05 Å². The molecule has 1 heterocycles. The molecule has 0 spiro atoms. The molecule has 2 rings (SSSR count). The van der Waals surface area contributed by atoms with Gasteiger partial charge < -0.3 is 9.88 Å². The number of aromatic nitrogens is 3. The lowest BCUT2D eigenvalue weighted by Gasteiger charge is -2.06. The third-order valence-corrected chi connectivity index (χ3v) is 3.73. The Balaban J connectivity index is 2.05. The standard InChI is InChI=1S/C13H17FN4S/c1-3-6-15-8-10-4-5-12(11(14)7-10)19-13-17-16-9-18(13)2/h4-5,7,9,15H,3,6,8H2,1-2H3. The minimum Gasteiger partial charge on any atom is -0.313 e. The molecule has 0 saturated carbocycles. The Hall–Kier alpha value is -1.40. The summed E-state index contributed by atoms with van der Waals surface area (Å²) in [4.78, 5) is 0.565. The molecule has 0 unspecified atom stereocenters. The van der Waals surface area contributed by atoms with Crippen LogP contribution in [-0.2, 0) is 13.6 Å². The third-order valence-electron chi connectivity index (χ3n) is 2.62. The van der Waals surface area contributed by atoms with Crippen LogP contribution in [0, 0.1) is 5.82 Å². The first-order chi connectivity index (χ1) is 9.20. The Morgan fingerprint density at radius 3 is 2.89 bits per heavy atom. The maximum absolute atomic E-state index is 14.0. The van der Waals surface area contributed by atoms with Gasteiger partial charge in [0.15, 0.2) is 5.16 Å². The maximum atomic E-state index is 14.0. The molecule has 0 aliphatic rings. The Labute approximate surface area is 116 Å². The van der Waals surface area contributed by atoms with E-state index in [0.29, 0.717) is 16.6 Å². The minimum absolute atomic E-state index is 0.219. The summed E-state index contributed by atoms with van der Waals surface area (Å²) >= 11 is 1.28. The number of benzene rings is 1. The lowest BCUT2D eigenvalue weighted by molar-refractivity contribution is 0.594. The fraction of sp³-hybridized carbons (Fsp3) is 0.385. The van der Waals surface area contributed by atoms with Crippen molar-refractivity contribution < 1.29 is 4.39 Å². The van der Waals surface area contributed by atoms with Crippen LogP contribution in [0.1, 0.15) is 18.9 Å². The van der Waals surface area contributed by atoms with Crippen molar-refractivity contribution >= 4 is 11.8 Å². The van der Waals surface area contributed by atoms with Gasteiger partial charge in [-0.25, -0.2) is 4.39 Å². The molecule has 6 heteroatoms. The molecule has 0 fully saturated rings. The van der Waals surface area contributed by atoms with Crippen molar-refractivity contribution in [2.75, 3.05) is 6.54 Å². The van der Waals surface area contributed by atoms with Crippen molar-refractivity contribution in [2.45, 2.75) is 29.9 Å². The number of halogens is 1. The van der Waals surface area contributed by atoms with E-state index < -0.39 is 0 Å². The zero-order chi connectivity index (χ0) is 13.7. The van der Waals surface area contributed by atoms with Gasteiger partial charge in [0.05, 0.1) is 4.90 Å². The first kappa shape index (κ1) is 14.0. The highest BCUT2D eigenvalue weighted by molar-refractivity contribution is 7.99. The van der Waals surface area contributed by atoms with Gasteiger partial charge in [0.2, 0.25) is 0 Å². The minimum atomic E-state index is -0.219. The summed E-state index contributed by atoms with van der Waals surface area (Å²) < 4.78 is 15.7. The fourth-order valence-corrected chi connectivity index (χ4v) is 2.38. The summed E-state index contributed by atoms with van der Waals surface area (Å²) in [6, 6.07) is 5.30. The Morgan fingerprint density at radius 1 is 1.42 bits per heavy atom. The first-order valence-electron chi connectivity index (χ1n) is 6.21. The van der Waals surface area contributed by atoms with Crippen LogP contribution in [-0.4, -0.2) is 21.3 Å². The predicted molar refractivity (Wildman–Crippen MR) is 73.5 cm³/mol. The molecule has 1 aromatic heterocycles. The first-order valence-corrected chi connectivity index (χ1v) is 7.03. The fourth-order valence-electron chi connectivity index (χ4n) is 1.61. The molecule has 0 atom stereocenters. The molecule has 0 amide bonds. The topological polar surface area (TPSA) is 42.7 Å². The molecule has 4 nitrogen and oxygen atoms in total. The highest BCUT2D eigenvalue weighted by Gasteiger charge is 2.09. The number of nitrogens with one attached hydrogen (secondary N) is 1. The predicted octanol–water partition coefficient (Wildman–Crippen LogP) is 2.61. The maximum Gasteiger partial charge on any atom is 0.195 e. The Bertz CT molecular complexity index is 541. The number of aryl methyl sites for hydroxylation is 1. The summed E-state index contributed by atoms with van der Waals surface area (Å²) in [6.45, 7) is 3.74. The van der Waals surface area contributed by atoms with Crippen LogP contribution in [0.15, 0.2) is 34.6 Å². The molecule has 102 valence electrons. The van der Waals surface area contributed by atoms with Crippen molar-refractivity contribution in [3.05, 3.63) is 35.9 Å². The van der Waals surface area contributed by atoms with Gasteiger partial charge in [-0.1, -0.05) is 13.0 Å². The van der Waals surface area contributed by atoms with Gasteiger partial charge in [0.25, 0.3) is 0 Å². The van der Waals surface area contributed by atoms with Crippen molar-refractivity contribution in [3.63, 3.8) is 0 Å². The van der Waals surface area contributed by atoms with E-state index in [1.54, 1.807) is 23.0 Å². The van der Waals surface area contributed by atoms with E-state index in [1.807, 2.05) is 13.1 Å². The van der Waals surface area contributed by atoms with Crippen LogP contribution in [0.3, 0.4) is 0 Å². The van der Waals surface area contributed by atoms with Crippen molar-refractivity contribution in [1.29, 1.82) is 0 Å². The van der Waals surface area contributed by atoms with Crippen LogP contribution < -0.4 is 5.32 Å². The second-order valence-corrected chi connectivity index (χ2v) is 5.28. The Kier molecular flexibility index (Phi) is 4.93. The van der Waals surface area contributed by atoms with E-state index in [4.69, 9.17) is 0 Å². The van der Waals surface area contributed by atoms with E-state index >= 15 is 0 Å². The van der Waals surface area contributed by atoms with Crippen LogP contribution in [0.25, 0.3) is 0 Å². The third kappa shape index (κ3) is 3.78. The lowest BCUT2D eigenvalue weighted by Crippen LogP contribution is -2.13. The lowest BCUT2D eigenvalue weighted by atomic mass is 10.2. The number of nitrogens with zero attached hydrogens (tertiary/aromatic N) is 3. The average Bonchev–Trinajstić information content (AvgIpc) is 2.79. The molecule has 1 N–H and O–H groups in total. The van der Waals surface area contributed by atoms with Crippen LogP contribution >= 0.6 is 11.8 Å². The van der Waals surface area contributed by atoms with Gasteiger partial charge in [-0.3, -0.25) is 0 Å². The van der Waals surface area contributed by atoms with Gasteiger partial charge in [-0.05, 0) is 42.4 Å². The highest BCUT2D eigenvalue weighted by Crippen LogP contribution is 2.28.